The van der Waals surface area contributed by atoms with Crippen LogP contribution in [0.5, 0.6) is 0 Å². The van der Waals surface area contributed by atoms with E-state index in [-0.39, 0.29) is 5.78 Å². The predicted molar refractivity (Wildman–Crippen MR) is 55.2 cm³/mol. The number of rotatable bonds is 5. The van der Waals surface area contributed by atoms with Gasteiger partial charge in [-0.1, -0.05) is 19.8 Å². The average Bonchev–Trinajstić information content (AvgIpc) is 2.18. The van der Waals surface area contributed by atoms with Gasteiger partial charge in [0, 0.05) is 12.6 Å². The van der Waals surface area contributed by atoms with Crippen LogP contribution < -0.4 is 0 Å². The second-order valence-corrected chi connectivity index (χ2v) is 3.37. The lowest BCUT2D eigenvalue weighted by atomic mass is 10.1. The SMILES string of the molecule is CCCCCC(=O)c1ccnc(C)n1. The third-order valence-corrected chi connectivity index (χ3v) is 2.07. The van der Waals surface area contributed by atoms with Crippen molar-refractivity contribution in [3.05, 3.63) is 23.8 Å². The van der Waals surface area contributed by atoms with E-state index in [9.17, 15) is 4.79 Å². The molecule has 0 N–H and O–H groups in total. The molecule has 0 spiro atoms. The number of carbonyl (C=O) groups excluding carboxylic acids is 1. The summed E-state index contributed by atoms with van der Waals surface area (Å²) < 4.78 is 0. The first-order chi connectivity index (χ1) is 6.74. The van der Waals surface area contributed by atoms with Crippen molar-refractivity contribution in [3.8, 4) is 0 Å². The molecule has 1 aromatic heterocycles. The molecule has 14 heavy (non-hydrogen) atoms. The van der Waals surface area contributed by atoms with E-state index >= 15 is 0 Å². The van der Waals surface area contributed by atoms with Gasteiger partial charge in [-0.15, -0.1) is 0 Å². The fourth-order valence-corrected chi connectivity index (χ4v) is 1.28. The van der Waals surface area contributed by atoms with Gasteiger partial charge in [-0.2, -0.15) is 0 Å². The summed E-state index contributed by atoms with van der Waals surface area (Å²) in [6, 6.07) is 1.68. The Bertz CT molecular complexity index is 310. The van der Waals surface area contributed by atoms with Crippen LogP contribution in [0, 0.1) is 6.92 Å². The molecule has 1 rings (SSSR count). The van der Waals surface area contributed by atoms with Crippen LogP contribution >= 0.6 is 0 Å². The Kier molecular flexibility index (Phi) is 4.23. The van der Waals surface area contributed by atoms with E-state index in [1.165, 1.54) is 0 Å². The molecule has 1 heterocycles. The smallest absolute Gasteiger partial charge is 0.181 e. The van der Waals surface area contributed by atoms with Crippen LogP contribution in [0.1, 0.15) is 48.9 Å². The Morgan fingerprint density at radius 3 is 2.86 bits per heavy atom. The molecule has 0 atom stereocenters. The number of aromatic nitrogens is 2. The number of unbranched alkanes of at least 4 members (excludes halogenated alkanes) is 2. The highest BCUT2D eigenvalue weighted by molar-refractivity contribution is 5.94. The molecule has 0 saturated carbocycles. The molecule has 0 unspecified atom stereocenters. The van der Waals surface area contributed by atoms with E-state index in [0.717, 1.165) is 19.3 Å². The summed E-state index contributed by atoms with van der Waals surface area (Å²) in [7, 11) is 0. The van der Waals surface area contributed by atoms with Gasteiger partial charge in [0.15, 0.2) is 5.78 Å². The summed E-state index contributed by atoms with van der Waals surface area (Å²) in [5.41, 5.74) is 0.550. The Morgan fingerprint density at radius 2 is 2.21 bits per heavy atom. The number of carbonyl (C=O) groups is 1. The predicted octanol–water partition coefficient (Wildman–Crippen LogP) is 2.55. The first kappa shape index (κ1) is 10.8. The lowest BCUT2D eigenvalue weighted by molar-refractivity contribution is 0.0974. The van der Waals surface area contributed by atoms with Crippen molar-refractivity contribution in [1.29, 1.82) is 0 Å². The lowest BCUT2D eigenvalue weighted by Crippen LogP contribution is -2.03. The molecule has 1 aromatic rings. The minimum atomic E-state index is 0.129. The summed E-state index contributed by atoms with van der Waals surface area (Å²) in [6.07, 6.45) is 5.43. The number of nitrogens with zero attached hydrogens (tertiary/aromatic N) is 2. The van der Waals surface area contributed by atoms with Gasteiger partial charge in [0.25, 0.3) is 0 Å². The van der Waals surface area contributed by atoms with Gasteiger partial charge in [0.1, 0.15) is 11.5 Å². The van der Waals surface area contributed by atoms with Gasteiger partial charge < -0.3 is 0 Å². The highest BCUT2D eigenvalue weighted by atomic mass is 16.1. The van der Waals surface area contributed by atoms with Crippen molar-refractivity contribution in [1.82, 2.24) is 9.97 Å². The second kappa shape index (κ2) is 5.47. The second-order valence-electron chi connectivity index (χ2n) is 3.37. The molecule has 0 fully saturated rings. The van der Waals surface area contributed by atoms with Gasteiger partial charge >= 0.3 is 0 Å². The van der Waals surface area contributed by atoms with Crippen molar-refractivity contribution >= 4 is 5.78 Å². The zero-order valence-electron chi connectivity index (χ0n) is 8.79. The molecule has 3 heteroatoms. The number of aryl methyl sites for hydroxylation is 1. The molecule has 0 amide bonds. The summed E-state index contributed by atoms with van der Waals surface area (Å²) in [4.78, 5) is 19.6. The number of hydrogen-bond acceptors (Lipinski definition) is 3. The van der Waals surface area contributed by atoms with Gasteiger partial charge in [-0.05, 0) is 19.4 Å². The Labute approximate surface area is 84.6 Å². The topological polar surface area (TPSA) is 42.9 Å². The Hall–Kier alpha value is -1.25. The van der Waals surface area contributed by atoms with Crippen molar-refractivity contribution in [2.24, 2.45) is 0 Å². The van der Waals surface area contributed by atoms with Crippen LogP contribution in [0.4, 0.5) is 0 Å². The molecule has 0 aliphatic rings. The normalized spacial score (nSPS) is 10.1. The zero-order valence-corrected chi connectivity index (χ0v) is 8.79. The van der Waals surface area contributed by atoms with Gasteiger partial charge in [-0.3, -0.25) is 4.79 Å². The molecular formula is C11H16N2O. The minimum Gasteiger partial charge on any atom is -0.292 e. The molecule has 76 valence electrons. The van der Waals surface area contributed by atoms with E-state index in [1.54, 1.807) is 19.2 Å². The standard InChI is InChI=1S/C11H16N2O/c1-3-4-5-6-11(14)10-7-8-12-9(2)13-10/h7-8H,3-6H2,1-2H3. The van der Waals surface area contributed by atoms with Crippen LogP contribution in [-0.4, -0.2) is 15.8 Å². The van der Waals surface area contributed by atoms with Crippen molar-refractivity contribution < 1.29 is 4.79 Å². The fraction of sp³-hybridized carbons (Fsp3) is 0.545. The summed E-state index contributed by atoms with van der Waals surface area (Å²) in [5.74, 6) is 0.787. The third-order valence-electron chi connectivity index (χ3n) is 2.07. The van der Waals surface area contributed by atoms with Crippen LogP contribution in [0.25, 0.3) is 0 Å². The van der Waals surface area contributed by atoms with E-state index in [1.807, 2.05) is 0 Å². The van der Waals surface area contributed by atoms with Gasteiger partial charge in [0.05, 0.1) is 0 Å². The first-order valence-electron chi connectivity index (χ1n) is 5.07. The number of Topliss-reactive ketones (excluding diaryl/α,β-unsaturated/α-hetero) is 1. The Balaban J connectivity index is 2.52. The molecule has 0 aromatic carbocycles. The quantitative estimate of drug-likeness (QED) is 0.532. The van der Waals surface area contributed by atoms with Gasteiger partial charge in [-0.25, -0.2) is 9.97 Å². The van der Waals surface area contributed by atoms with E-state index in [4.69, 9.17) is 0 Å². The lowest BCUT2D eigenvalue weighted by Gasteiger charge is -1.99. The maximum absolute atomic E-state index is 11.6. The monoisotopic (exact) mass is 192 g/mol. The fourth-order valence-electron chi connectivity index (χ4n) is 1.28. The summed E-state index contributed by atoms with van der Waals surface area (Å²) >= 11 is 0. The Morgan fingerprint density at radius 1 is 1.43 bits per heavy atom. The highest BCUT2D eigenvalue weighted by Crippen LogP contribution is 2.05. The molecule has 0 aliphatic carbocycles. The van der Waals surface area contributed by atoms with Crippen LogP contribution in [0.15, 0.2) is 12.3 Å². The molecular weight excluding hydrogens is 176 g/mol. The van der Waals surface area contributed by atoms with Crippen LogP contribution in [-0.2, 0) is 0 Å². The average molecular weight is 192 g/mol. The molecule has 0 aliphatic heterocycles. The van der Waals surface area contributed by atoms with E-state index in [0.29, 0.717) is 17.9 Å². The first-order valence-corrected chi connectivity index (χ1v) is 5.07. The highest BCUT2D eigenvalue weighted by Gasteiger charge is 2.06. The van der Waals surface area contributed by atoms with E-state index < -0.39 is 0 Å². The van der Waals surface area contributed by atoms with Crippen molar-refractivity contribution in [3.63, 3.8) is 0 Å². The minimum absolute atomic E-state index is 0.129. The maximum Gasteiger partial charge on any atom is 0.181 e. The molecule has 0 bridgehead atoms. The van der Waals surface area contributed by atoms with Crippen LogP contribution in [0.2, 0.25) is 0 Å². The van der Waals surface area contributed by atoms with Gasteiger partial charge in [0.2, 0.25) is 0 Å². The third kappa shape index (κ3) is 3.24. The van der Waals surface area contributed by atoms with Crippen molar-refractivity contribution in [2.75, 3.05) is 0 Å². The number of hydrogen-bond donors (Lipinski definition) is 0. The molecule has 0 saturated heterocycles. The van der Waals surface area contributed by atoms with E-state index in [2.05, 4.69) is 16.9 Å². The zero-order chi connectivity index (χ0) is 10.4. The largest absolute Gasteiger partial charge is 0.292 e. The van der Waals surface area contributed by atoms with Crippen molar-refractivity contribution in [2.45, 2.75) is 39.5 Å². The van der Waals surface area contributed by atoms with Crippen LogP contribution in [0.3, 0.4) is 0 Å². The summed E-state index contributed by atoms with van der Waals surface area (Å²) in [5, 5.41) is 0. The molecule has 3 nitrogen and oxygen atoms in total. The maximum atomic E-state index is 11.6. The number of ketones is 1. The summed E-state index contributed by atoms with van der Waals surface area (Å²) in [6.45, 7) is 3.92. The molecule has 0 radical (unpaired) electrons.